The summed E-state index contributed by atoms with van der Waals surface area (Å²) in [4.78, 5) is 16.7. The number of piperazine rings is 1. The number of aryl methyl sites for hydroxylation is 1. The minimum atomic E-state index is 0.0164. The van der Waals surface area contributed by atoms with Crippen LogP contribution in [-0.2, 0) is 11.3 Å². The van der Waals surface area contributed by atoms with Crippen LogP contribution in [0.5, 0.6) is 17.2 Å². The Hall–Kier alpha value is -2.73. The Labute approximate surface area is 166 Å². The molecule has 1 fully saturated rings. The summed E-state index contributed by atoms with van der Waals surface area (Å²) in [5, 5.41) is 0. The summed E-state index contributed by atoms with van der Waals surface area (Å²) in [6.45, 7) is 6.14. The number of carbonyl (C=O) groups excluding carboxylic acids is 1. The molecule has 1 saturated heterocycles. The zero-order chi connectivity index (χ0) is 19.9. The van der Waals surface area contributed by atoms with E-state index in [1.165, 1.54) is 5.56 Å². The van der Waals surface area contributed by atoms with Crippen LogP contribution >= 0.6 is 0 Å². The van der Waals surface area contributed by atoms with Crippen molar-refractivity contribution in [2.75, 3.05) is 47.0 Å². The molecule has 0 N–H and O–H groups in total. The van der Waals surface area contributed by atoms with Crippen molar-refractivity contribution in [1.29, 1.82) is 0 Å². The largest absolute Gasteiger partial charge is 0.497 e. The van der Waals surface area contributed by atoms with Gasteiger partial charge < -0.3 is 19.1 Å². The summed E-state index contributed by atoms with van der Waals surface area (Å²) in [6.07, 6.45) is 0. The standard InChI is InChI=1S/C22H28N2O4/c1-17-13-18(7-8-21(17)27-3)15-23-9-11-24(12-10-23)22(25)16-28-20-6-4-5-19(14-20)26-2/h4-8,13-14H,9-12,15-16H2,1-3H3. The van der Waals surface area contributed by atoms with Crippen molar-refractivity contribution in [1.82, 2.24) is 9.80 Å². The van der Waals surface area contributed by atoms with E-state index >= 15 is 0 Å². The highest BCUT2D eigenvalue weighted by molar-refractivity contribution is 5.77. The number of methoxy groups -OCH3 is 2. The Bertz CT molecular complexity index is 801. The highest BCUT2D eigenvalue weighted by Gasteiger charge is 2.21. The zero-order valence-corrected chi connectivity index (χ0v) is 16.8. The molecule has 1 heterocycles. The van der Waals surface area contributed by atoms with Crippen molar-refractivity contribution in [3.63, 3.8) is 0 Å². The summed E-state index contributed by atoms with van der Waals surface area (Å²) in [5.41, 5.74) is 2.41. The third-order valence-corrected chi connectivity index (χ3v) is 4.99. The molecule has 6 heteroatoms. The van der Waals surface area contributed by atoms with Gasteiger partial charge in [-0.15, -0.1) is 0 Å². The molecule has 6 nitrogen and oxygen atoms in total. The third-order valence-electron chi connectivity index (χ3n) is 4.99. The molecule has 28 heavy (non-hydrogen) atoms. The van der Waals surface area contributed by atoms with Gasteiger partial charge >= 0.3 is 0 Å². The van der Waals surface area contributed by atoms with E-state index in [9.17, 15) is 4.79 Å². The number of carbonyl (C=O) groups is 1. The highest BCUT2D eigenvalue weighted by Crippen LogP contribution is 2.20. The molecule has 3 rings (SSSR count). The van der Waals surface area contributed by atoms with Gasteiger partial charge in [-0.25, -0.2) is 0 Å². The average Bonchev–Trinajstić information content (AvgIpc) is 2.73. The zero-order valence-electron chi connectivity index (χ0n) is 16.8. The fourth-order valence-electron chi connectivity index (χ4n) is 3.38. The molecule has 0 saturated carbocycles. The van der Waals surface area contributed by atoms with Gasteiger partial charge in [0, 0.05) is 38.8 Å². The molecule has 0 unspecified atom stereocenters. The van der Waals surface area contributed by atoms with Crippen molar-refractivity contribution < 1.29 is 19.0 Å². The molecule has 0 bridgehead atoms. The molecule has 150 valence electrons. The van der Waals surface area contributed by atoms with Crippen molar-refractivity contribution in [2.24, 2.45) is 0 Å². The number of nitrogens with zero attached hydrogens (tertiary/aromatic N) is 2. The molecule has 2 aromatic carbocycles. The summed E-state index contributed by atoms with van der Waals surface area (Å²) < 4.78 is 16.1. The second-order valence-electron chi connectivity index (χ2n) is 6.93. The van der Waals surface area contributed by atoms with E-state index in [4.69, 9.17) is 14.2 Å². The van der Waals surface area contributed by atoms with Gasteiger partial charge in [0.1, 0.15) is 17.2 Å². The number of amides is 1. The first-order valence-electron chi connectivity index (χ1n) is 9.49. The average molecular weight is 384 g/mol. The maximum atomic E-state index is 12.4. The SMILES string of the molecule is COc1cccc(OCC(=O)N2CCN(Cc3ccc(OC)c(C)c3)CC2)c1. The molecule has 0 radical (unpaired) electrons. The third kappa shape index (κ3) is 5.16. The van der Waals surface area contributed by atoms with E-state index in [-0.39, 0.29) is 12.5 Å². The molecule has 0 atom stereocenters. The maximum Gasteiger partial charge on any atom is 0.260 e. The van der Waals surface area contributed by atoms with E-state index in [2.05, 4.69) is 24.0 Å². The lowest BCUT2D eigenvalue weighted by molar-refractivity contribution is -0.135. The van der Waals surface area contributed by atoms with Gasteiger partial charge in [0.2, 0.25) is 0 Å². The van der Waals surface area contributed by atoms with Crippen LogP contribution in [0, 0.1) is 6.92 Å². The van der Waals surface area contributed by atoms with Crippen molar-refractivity contribution in [3.8, 4) is 17.2 Å². The van der Waals surface area contributed by atoms with Gasteiger partial charge in [-0.05, 0) is 36.2 Å². The maximum absolute atomic E-state index is 12.4. The molecular weight excluding hydrogens is 356 g/mol. The van der Waals surface area contributed by atoms with Crippen molar-refractivity contribution in [3.05, 3.63) is 53.6 Å². The van der Waals surface area contributed by atoms with Gasteiger partial charge in [0.05, 0.1) is 14.2 Å². The first kappa shape index (κ1) is 20.0. The summed E-state index contributed by atoms with van der Waals surface area (Å²) in [6, 6.07) is 13.6. The fourth-order valence-corrected chi connectivity index (χ4v) is 3.38. The lowest BCUT2D eigenvalue weighted by Crippen LogP contribution is -2.49. The Kier molecular flexibility index (Phi) is 6.76. The predicted octanol–water partition coefficient (Wildman–Crippen LogP) is 2.74. The first-order chi connectivity index (χ1) is 13.6. The van der Waals surface area contributed by atoms with Crippen LogP contribution in [-0.4, -0.2) is 62.7 Å². The lowest BCUT2D eigenvalue weighted by Gasteiger charge is -2.34. The molecule has 2 aromatic rings. The van der Waals surface area contributed by atoms with Crippen LogP contribution in [0.1, 0.15) is 11.1 Å². The monoisotopic (exact) mass is 384 g/mol. The normalized spacial score (nSPS) is 14.6. The van der Waals surface area contributed by atoms with Crippen LogP contribution in [0.4, 0.5) is 0 Å². The summed E-state index contributed by atoms with van der Waals surface area (Å²) >= 11 is 0. The van der Waals surface area contributed by atoms with Crippen LogP contribution in [0.15, 0.2) is 42.5 Å². The van der Waals surface area contributed by atoms with Gasteiger partial charge in [-0.1, -0.05) is 18.2 Å². The fraction of sp³-hybridized carbons (Fsp3) is 0.409. The number of rotatable bonds is 7. The first-order valence-corrected chi connectivity index (χ1v) is 9.49. The number of hydrogen-bond acceptors (Lipinski definition) is 5. The quantitative estimate of drug-likeness (QED) is 0.735. The lowest BCUT2D eigenvalue weighted by atomic mass is 10.1. The number of hydrogen-bond donors (Lipinski definition) is 0. The topological polar surface area (TPSA) is 51.2 Å². The Morgan fingerprint density at radius 3 is 2.39 bits per heavy atom. The summed E-state index contributed by atoms with van der Waals surface area (Å²) in [7, 11) is 3.30. The summed E-state index contributed by atoms with van der Waals surface area (Å²) in [5.74, 6) is 2.28. The van der Waals surface area contributed by atoms with Crippen LogP contribution < -0.4 is 14.2 Å². The van der Waals surface area contributed by atoms with E-state index in [0.717, 1.165) is 44.0 Å². The molecule has 0 aromatic heterocycles. The van der Waals surface area contributed by atoms with Crippen molar-refractivity contribution >= 4 is 5.91 Å². The molecule has 1 aliphatic heterocycles. The molecular formula is C22H28N2O4. The Morgan fingerprint density at radius 1 is 0.964 bits per heavy atom. The molecule has 1 amide bonds. The predicted molar refractivity (Wildman–Crippen MR) is 108 cm³/mol. The second-order valence-corrected chi connectivity index (χ2v) is 6.93. The van der Waals surface area contributed by atoms with Crippen LogP contribution in [0.2, 0.25) is 0 Å². The smallest absolute Gasteiger partial charge is 0.260 e. The molecule has 1 aliphatic rings. The van der Waals surface area contributed by atoms with Gasteiger partial charge in [0.15, 0.2) is 6.61 Å². The number of benzene rings is 2. The van der Waals surface area contributed by atoms with Gasteiger partial charge in [-0.3, -0.25) is 9.69 Å². The second kappa shape index (κ2) is 9.46. The van der Waals surface area contributed by atoms with Crippen LogP contribution in [0.3, 0.4) is 0 Å². The molecule has 0 aliphatic carbocycles. The van der Waals surface area contributed by atoms with E-state index in [1.54, 1.807) is 20.3 Å². The number of ether oxygens (including phenoxy) is 3. The van der Waals surface area contributed by atoms with Gasteiger partial charge in [0.25, 0.3) is 5.91 Å². The minimum Gasteiger partial charge on any atom is -0.497 e. The Balaban J connectivity index is 1.45. The minimum absolute atomic E-state index is 0.0164. The van der Waals surface area contributed by atoms with Gasteiger partial charge in [-0.2, -0.15) is 0 Å². The molecule has 0 spiro atoms. The highest BCUT2D eigenvalue weighted by atomic mass is 16.5. The van der Waals surface area contributed by atoms with E-state index in [0.29, 0.717) is 11.5 Å². The Morgan fingerprint density at radius 2 is 1.71 bits per heavy atom. The van der Waals surface area contributed by atoms with Crippen LogP contribution in [0.25, 0.3) is 0 Å². The van der Waals surface area contributed by atoms with Crippen molar-refractivity contribution in [2.45, 2.75) is 13.5 Å². The van der Waals surface area contributed by atoms with E-state index < -0.39 is 0 Å². The van der Waals surface area contributed by atoms with E-state index in [1.807, 2.05) is 29.2 Å².